The van der Waals surface area contributed by atoms with Crippen molar-refractivity contribution in [2.45, 2.75) is 12.1 Å². The topological polar surface area (TPSA) is 103 Å². The van der Waals surface area contributed by atoms with Gasteiger partial charge in [0.15, 0.2) is 12.1 Å². The molecule has 2 heterocycles. The number of nitrogens with one attached hydrogen (secondary N) is 1. The van der Waals surface area contributed by atoms with Crippen LogP contribution in [0.1, 0.15) is 10.9 Å². The van der Waals surface area contributed by atoms with Gasteiger partial charge >= 0.3 is 12.0 Å². The maximum absolute atomic E-state index is 12.1. The first-order valence-corrected chi connectivity index (χ1v) is 6.82. The summed E-state index contributed by atoms with van der Waals surface area (Å²) < 4.78 is 5.14. The molecule has 0 radical (unpaired) electrons. The molecule has 2 N–H and O–H groups in total. The average molecular weight is 295 g/mol. The molecule has 2 amide bonds. The molecule has 20 heavy (non-hydrogen) atoms. The molecule has 1 saturated heterocycles. The largest absolute Gasteiger partial charge is 0.479 e. The first-order valence-electron chi connectivity index (χ1n) is 5.94. The zero-order valence-electron chi connectivity index (χ0n) is 10.5. The lowest BCUT2D eigenvalue weighted by atomic mass is 10.2. The molecule has 1 aliphatic rings. The molecular weight excluding hydrogens is 282 g/mol. The number of rotatable bonds is 3. The number of urea groups is 1. The van der Waals surface area contributed by atoms with Gasteiger partial charge in [-0.2, -0.15) is 5.26 Å². The van der Waals surface area contributed by atoms with Crippen molar-refractivity contribution in [3.05, 3.63) is 22.4 Å². The van der Waals surface area contributed by atoms with Gasteiger partial charge in [0.25, 0.3) is 0 Å². The number of nitriles is 1. The number of thiophene rings is 1. The number of morpholine rings is 1. The number of carboxylic acid groups (broad SMARTS) is 1. The second-order valence-corrected chi connectivity index (χ2v) is 5.15. The standard InChI is InChI=1S/C12H13N3O4S/c13-6-8-7-15(3-4-19-8)12(18)14-10(11(16)17)9-2-1-5-20-9/h1-2,5,8,10H,3-4,7H2,(H,14,18)(H,16,17). The van der Waals surface area contributed by atoms with E-state index in [9.17, 15) is 14.7 Å². The zero-order valence-corrected chi connectivity index (χ0v) is 11.3. The summed E-state index contributed by atoms with van der Waals surface area (Å²) in [6.07, 6.45) is -0.667. The number of carboxylic acids is 1. The highest BCUT2D eigenvalue weighted by Gasteiger charge is 2.28. The van der Waals surface area contributed by atoms with Crippen LogP contribution >= 0.6 is 11.3 Å². The second-order valence-electron chi connectivity index (χ2n) is 4.17. The molecule has 1 aromatic rings. The summed E-state index contributed by atoms with van der Waals surface area (Å²) in [5.41, 5.74) is 0. The van der Waals surface area contributed by atoms with Gasteiger partial charge in [0.2, 0.25) is 0 Å². The highest BCUT2D eigenvalue weighted by molar-refractivity contribution is 7.10. The van der Waals surface area contributed by atoms with Crippen molar-refractivity contribution in [1.82, 2.24) is 10.2 Å². The Kier molecular flexibility index (Phi) is 4.55. The summed E-state index contributed by atoms with van der Waals surface area (Å²) >= 11 is 1.26. The Hall–Kier alpha value is -2.11. The van der Waals surface area contributed by atoms with Gasteiger partial charge in [-0.1, -0.05) is 6.07 Å². The molecule has 106 valence electrons. The van der Waals surface area contributed by atoms with E-state index < -0.39 is 24.1 Å². The third kappa shape index (κ3) is 3.26. The van der Waals surface area contributed by atoms with Crippen LogP contribution in [-0.2, 0) is 9.53 Å². The molecule has 0 aliphatic carbocycles. The Morgan fingerprint density at radius 1 is 1.65 bits per heavy atom. The molecule has 1 fully saturated rings. The van der Waals surface area contributed by atoms with Crippen LogP contribution in [0.25, 0.3) is 0 Å². The minimum Gasteiger partial charge on any atom is -0.479 e. The summed E-state index contributed by atoms with van der Waals surface area (Å²) in [6.45, 7) is 0.738. The Morgan fingerprint density at radius 3 is 3.05 bits per heavy atom. The number of nitrogens with zero attached hydrogens (tertiary/aromatic N) is 2. The fourth-order valence-corrected chi connectivity index (χ4v) is 2.60. The first kappa shape index (κ1) is 14.3. The van der Waals surface area contributed by atoms with Gasteiger partial charge < -0.3 is 20.1 Å². The van der Waals surface area contributed by atoms with Crippen LogP contribution in [0.4, 0.5) is 4.79 Å². The fraction of sp³-hybridized carbons (Fsp3) is 0.417. The van der Waals surface area contributed by atoms with Gasteiger partial charge in [-0.15, -0.1) is 11.3 Å². The molecule has 0 aromatic carbocycles. The lowest BCUT2D eigenvalue weighted by Gasteiger charge is -2.30. The van der Waals surface area contributed by atoms with Crippen LogP contribution < -0.4 is 5.32 Å². The van der Waals surface area contributed by atoms with Crippen molar-refractivity contribution >= 4 is 23.3 Å². The van der Waals surface area contributed by atoms with Crippen molar-refractivity contribution < 1.29 is 19.4 Å². The van der Waals surface area contributed by atoms with Gasteiger partial charge in [0.05, 0.1) is 19.2 Å². The summed E-state index contributed by atoms with van der Waals surface area (Å²) in [4.78, 5) is 25.2. The van der Waals surface area contributed by atoms with Crippen molar-refractivity contribution in [3.63, 3.8) is 0 Å². The summed E-state index contributed by atoms with van der Waals surface area (Å²) in [6, 6.07) is 3.73. The number of ether oxygens (including phenoxy) is 1. The van der Waals surface area contributed by atoms with Crippen LogP contribution in [0, 0.1) is 11.3 Å². The van der Waals surface area contributed by atoms with Crippen molar-refractivity contribution in [2.75, 3.05) is 19.7 Å². The maximum atomic E-state index is 12.1. The SMILES string of the molecule is N#CC1CN(C(=O)NC(C(=O)O)c2cccs2)CCO1. The number of amides is 2. The number of carbonyl (C=O) groups is 2. The number of hydrogen-bond acceptors (Lipinski definition) is 5. The van der Waals surface area contributed by atoms with E-state index in [4.69, 9.17) is 10.00 Å². The molecule has 1 aromatic heterocycles. The highest BCUT2D eigenvalue weighted by atomic mass is 32.1. The van der Waals surface area contributed by atoms with E-state index in [0.29, 0.717) is 11.4 Å². The molecule has 0 bridgehead atoms. The van der Waals surface area contributed by atoms with E-state index >= 15 is 0 Å². The summed E-state index contributed by atoms with van der Waals surface area (Å²) in [5, 5.41) is 22.2. The quantitative estimate of drug-likeness (QED) is 0.859. The third-order valence-electron chi connectivity index (χ3n) is 2.84. The van der Waals surface area contributed by atoms with Crippen LogP contribution in [-0.4, -0.2) is 47.8 Å². The molecule has 0 spiro atoms. The molecule has 0 saturated carbocycles. The van der Waals surface area contributed by atoms with Gasteiger partial charge in [-0.3, -0.25) is 0 Å². The molecule has 7 nitrogen and oxygen atoms in total. The molecule has 2 atom stereocenters. The lowest BCUT2D eigenvalue weighted by Crippen LogP contribution is -2.50. The molecule has 2 unspecified atom stereocenters. The number of aliphatic carboxylic acids is 1. The van der Waals surface area contributed by atoms with E-state index in [1.165, 1.54) is 16.2 Å². The Bertz CT molecular complexity index is 525. The average Bonchev–Trinajstić information content (AvgIpc) is 2.98. The van der Waals surface area contributed by atoms with Crippen LogP contribution in [0.2, 0.25) is 0 Å². The van der Waals surface area contributed by atoms with Crippen LogP contribution in [0.3, 0.4) is 0 Å². The third-order valence-corrected chi connectivity index (χ3v) is 3.78. The van der Waals surface area contributed by atoms with Gasteiger partial charge in [0, 0.05) is 11.4 Å². The number of hydrogen-bond donors (Lipinski definition) is 2. The van der Waals surface area contributed by atoms with E-state index in [1.807, 2.05) is 6.07 Å². The lowest BCUT2D eigenvalue weighted by molar-refractivity contribution is -0.139. The van der Waals surface area contributed by atoms with E-state index in [1.54, 1.807) is 17.5 Å². The predicted octanol–water partition coefficient (Wildman–Crippen LogP) is 0.808. The van der Waals surface area contributed by atoms with Gasteiger partial charge in [-0.05, 0) is 11.4 Å². The predicted molar refractivity (Wildman–Crippen MR) is 70.2 cm³/mol. The molecule has 2 rings (SSSR count). The maximum Gasteiger partial charge on any atom is 0.331 e. The highest BCUT2D eigenvalue weighted by Crippen LogP contribution is 2.19. The summed E-state index contributed by atoms with van der Waals surface area (Å²) in [7, 11) is 0. The minimum atomic E-state index is -1.12. The molecular formula is C12H13N3O4S. The smallest absolute Gasteiger partial charge is 0.331 e. The Balaban J connectivity index is 2.02. The number of carbonyl (C=O) groups excluding carboxylic acids is 1. The second kappa shape index (κ2) is 6.36. The minimum absolute atomic E-state index is 0.138. The van der Waals surface area contributed by atoms with Gasteiger partial charge in [0.1, 0.15) is 0 Å². The van der Waals surface area contributed by atoms with E-state index in [-0.39, 0.29) is 13.2 Å². The molecule has 1 aliphatic heterocycles. The zero-order chi connectivity index (χ0) is 14.5. The van der Waals surface area contributed by atoms with Crippen molar-refractivity contribution in [2.24, 2.45) is 0 Å². The van der Waals surface area contributed by atoms with E-state index in [2.05, 4.69) is 5.32 Å². The van der Waals surface area contributed by atoms with E-state index in [0.717, 1.165) is 0 Å². The van der Waals surface area contributed by atoms with Gasteiger partial charge in [-0.25, -0.2) is 9.59 Å². The molecule has 8 heteroatoms. The first-order chi connectivity index (χ1) is 9.61. The van der Waals surface area contributed by atoms with Crippen LogP contribution in [0.5, 0.6) is 0 Å². The summed E-state index contributed by atoms with van der Waals surface area (Å²) in [5.74, 6) is -1.12. The Morgan fingerprint density at radius 2 is 2.45 bits per heavy atom. The van der Waals surface area contributed by atoms with Crippen LogP contribution in [0.15, 0.2) is 17.5 Å². The monoisotopic (exact) mass is 295 g/mol. The fourth-order valence-electron chi connectivity index (χ4n) is 1.84. The normalized spacial score (nSPS) is 19.9. The van der Waals surface area contributed by atoms with Crippen molar-refractivity contribution in [1.29, 1.82) is 5.26 Å². The Labute approximate surface area is 119 Å². The van der Waals surface area contributed by atoms with Crippen molar-refractivity contribution in [3.8, 4) is 6.07 Å².